The van der Waals surface area contributed by atoms with Gasteiger partial charge >= 0.3 is 6.18 Å². The topological polar surface area (TPSA) is 37.4 Å². The predicted octanol–water partition coefficient (Wildman–Crippen LogP) is 5.03. The molecule has 29 heavy (non-hydrogen) atoms. The molecule has 1 aliphatic heterocycles. The molecule has 1 amide bonds. The van der Waals surface area contributed by atoms with Crippen LogP contribution in [-0.2, 0) is 4.79 Å². The van der Waals surface area contributed by atoms with Crippen molar-refractivity contribution in [3.63, 3.8) is 0 Å². The van der Waals surface area contributed by atoms with Crippen LogP contribution in [0.2, 0.25) is 0 Å². The lowest BCUT2D eigenvalue weighted by atomic mass is 9.53. The molecule has 0 radical (unpaired) electrons. The van der Waals surface area contributed by atoms with E-state index in [2.05, 4.69) is 0 Å². The van der Waals surface area contributed by atoms with Gasteiger partial charge in [0.2, 0.25) is 5.91 Å². The molecule has 1 heterocycles. The third-order valence-electron chi connectivity index (χ3n) is 7.50. The summed E-state index contributed by atoms with van der Waals surface area (Å²) in [4.78, 5) is 26.9. The first-order valence-electron chi connectivity index (χ1n) is 10.3. The number of carbonyl (C=O) groups excluding carboxylic acids is 2. The number of amides is 1. The Balaban J connectivity index is 1.73. The summed E-state index contributed by atoms with van der Waals surface area (Å²) in [5, 5.41) is 0. The molecule has 156 valence electrons. The number of halogens is 3. The summed E-state index contributed by atoms with van der Waals surface area (Å²) in [6.45, 7) is 2.01. The molecule has 6 heteroatoms. The monoisotopic (exact) mass is 405 g/mol. The number of carbonyl (C=O) groups is 2. The first kappa shape index (κ1) is 20.2. The van der Waals surface area contributed by atoms with Crippen LogP contribution >= 0.6 is 0 Å². The zero-order valence-corrected chi connectivity index (χ0v) is 16.7. The third-order valence-corrected chi connectivity index (χ3v) is 7.50. The standard InChI is InChI=1S/C23H26F3NO2/c1-22-13-12-19(28)27(2)18(22)11-9-15-17(22)10-8-16(20(15)23(24,25)26)21(29)14-6-4-3-5-7-14/h3-7,10,15-16,18,20H,8-9,11-13H2,1-2H3/t15?,16?,18?,20?,22-/m1/s1. The fraction of sp³-hybridized carbons (Fsp3) is 0.565. The van der Waals surface area contributed by atoms with Gasteiger partial charge in [-0.15, -0.1) is 0 Å². The van der Waals surface area contributed by atoms with Crippen molar-refractivity contribution in [3.8, 4) is 0 Å². The lowest BCUT2D eigenvalue weighted by Gasteiger charge is -2.56. The molecule has 3 aliphatic rings. The van der Waals surface area contributed by atoms with Crippen LogP contribution in [0.25, 0.3) is 0 Å². The Kier molecular flexibility index (Phi) is 4.87. The van der Waals surface area contributed by atoms with Crippen LogP contribution in [0.1, 0.15) is 49.4 Å². The van der Waals surface area contributed by atoms with Crippen molar-refractivity contribution in [2.45, 2.75) is 51.2 Å². The zero-order chi connectivity index (χ0) is 21.0. The second kappa shape index (κ2) is 6.99. The van der Waals surface area contributed by atoms with Crippen molar-refractivity contribution in [3.05, 3.63) is 47.5 Å². The number of allylic oxidation sites excluding steroid dienone is 1. The second-order valence-corrected chi connectivity index (χ2v) is 8.92. The number of nitrogens with zero attached hydrogens (tertiary/aromatic N) is 1. The molecule has 3 nitrogen and oxygen atoms in total. The Morgan fingerprint density at radius 1 is 1.17 bits per heavy atom. The van der Waals surface area contributed by atoms with Crippen LogP contribution in [0.4, 0.5) is 13.2 Å². The van der Waals surface area contributed by atoms with Crippen LogP contribution in [0.5, 0.6) is 0 Å². The van der Waals surface area contributed by atoms with Gasteiger partial charge in [-0.1, -0.05) is 48.9 Å². The molecule has 1 saturated carbocycles. The molecule has 1 aromatic carbocycles. The summed E-state index contributed by atoms with van der Waals surface area (Å²) < 4.78 is 42.8. The van der Waals surface area contributed by atoms with Crippen molar-refractivity contribution >= 4 is 11.7 Å². The minimum absolute atomic E-state index is 0.0619. The van der Waals surface area contributed by atoms with Gasteiger partial charge in [-0.3, -0.25) is 9.59 Å². The van der Waals surface area contributed by atoms with E-state index >= 15 is 0 Å². The number of likely N-dealkylation sites (tertiary alicyclic amines) is 1. The number of ketones is 1. The summed E-state index contributed by atoms with van der Waals surface area (Å²) in [7, 11) is 1.76. The number of hydrogen-bond donors (Lipinski definition) is 0. The molecular weight excluding hydrogens is 379 g/mol. The van der Waals surface area contributed by atoms with E-state index < -0.39 is 35.1 Å². The molecule has 4 rings (SSSR count). The Morgan fingerprint density at radius 2 is 1.86 bits per heavy atom. The van der Waals surface area contributed by atoms with Crippen LogP contribution in [0.3, 0.4) is 0 Å². The van der Waals surface area contributed by atoms with Crippen LogP contribution in [0.15, 0.2) is 42.0 Å². The molecule has 0 aromatic heterocycles. The highest BCUT2D eigenvalue weighted by molar-refractivity contribution is 5.98. The molecule has 2 fully saturated rings. The maximum Gasteiger partial charge on any atom is 0.393 e. The van der Waals surface area contributed by atoms with E-state index in [9.17, 15) is 22.8 Å². The van der Waals surface area contributed by atoms with E-state index in [1.165, 1.54) is 0 Å². The molecule has 5 atom stereocenters. The van der Waals surface area contributed by atoms with E-state index in [0.29, 0.717) is 31.2 Å². The van der Waals surface area contributed by atoms with Gasteiger partial charge < -0.3 is 4.90 Å². The number of benzene rings is 1. The average Bonchev–Trinajstić information content (AvgIpc) is 2.69. The van der Waals surface area contributed by atoms with Gasteiger partial charge in [0.05, 0.1) is 5.92 Å². The van der Waals surface area contributed by atoms with Crippen molar-refractivity contribution in [2.75, 3.05) is 7.05 Å². The Hall–Kier alpha value is -2.11. The van der Waals surface area contributed by atoms with Gasteiger partial charge in [-0.2, -0.15) is 13.2 Å². The van der Waals surface area contributed by atoms with Crippen LogP contribution in [0, 0.1) is 23.2 Å². The smallest absolute Gasteiger partial charge is 0.342 e. The van der Waals surface area contributed by atoms with Gasteiger partial charge in [0.1, 0.15) is 0 Å². The summed E-state index contributed by atoms with van der Waals surface area (Å²) in [5.74, 6) is -3.81. The number of hydrogen-bond acceptors (Lipinski definition) is 2. The first-order valence-corrected chi connectivity index (χ1v) is 10.3. The fourth-order valence-electron chi connectivity index (χ4n) is 6.06. The average molecular weight is 405 g/mol. The molecule has 0 N–H and O–H groups in total. The predicted molar refractivity (Wildman–Crippen MR) is 103 cm³/mol. The molecule has 2 aliphatic carbocycles. The molecular formula is C23H26F3NO2. The normalized spacial score (nSPS) is 34.9. The van der Waals surface area contributed by atoms with Crippen LogP contribution in [-0.4, -0.2) is 35.9 Å². The van der Waals surface area contributed by atoms with E-state index in [1.807, 2.05) is 13.0 Å². The zero-order valence-electron chi connectivity index (χ0n) is 16.7. The first-order chi connectivity index (χ1) is 13.6. The van der Waals surface area contributed by atoms with Crippen molar-refractivity contribution in [1.82, 2.24) is 4.90 Å². The van der Waals surface area contributed by atoms with E-state index in [-0.39, 0.29) is 18.4 Å². The third kappa shape index (κ3) is 3.21. The maximum atomic E-state index is 14.3. The highest BCUT2D eigenvalue weighted by Gasteiger charge is 2.59. The Morgan fingerprint density at radius 3 is 2.52 bits per heavy atom. The highest BCUT2D eigenvalue weighted by Crippen LogP contribution is 2.58. The Labute approximate surface area is 169 Å². The van der Waals surface area contributed by atoms with E-state index in [0.717, 1.165) is 5.57 Å². The number of alkyl halides is 3. The molecule has 1 aromatic rings. The number of piperidine rings is 1. The van der Waals surface area contributed by atoms with Gasteiger partial charge in [-0.05, 0) is 31.6 Å². The van der Waals surface area contributed by atoms with Crippen molar-refractivity contribution < 1.29 is 22.8 Å². The summed E-state index contributed by atoms with van der Waals surface area (Å²) in [6, 6.07) is 8.23. The van der Waals surface area contributed by atoms with Crippen molar-refractivity contribution in [2.24, 2.45) is 23.2 Å². The largest absolute Gasteiger partial charge is 0.393 e. The minimum atomic E-state index is -4.45. The molecule has 0 spiro atoms. The molecule has 0 bridgehead atoms. The van der Waals surface area contributed by atoms with Crippen molar-refractivity contribution in [1.29, 1.82) is 0 Å². The quantitative estimate of drug-likeness (QED) is 0.511. The lowest BCUT2D eigenvalue weighted by molar-refractivity contribution is -0.203. The number of fused-ring (bicyclic) bond motifs is 3. The summed E-state index contributed by atoms with van der Waals surface area (Å²) in [5.41, 5.74) is 0.703. The summed E-state index contributed by atoms with van der Waals surface area (Å²) >= 11 is 0. The second-order valence-electron chi connectivity index (χ2n) is 8.92. The lowest BCUT2D eigenvalue weighted by Crippen LogP contribution is -2.58. The Bertz CT molecular complexity index is 847. The number of rotatable bonds is 2. The van der Waals surface area contributed by atoms with Gasteiger partial charge in [0, 0.05) is 36.4 Å². The highest BCUT2D eigenvalue weighted by atomic mass is 19.4. The SMILES string of the molecule is CN1C(=O)CC[C@]2(C)C3=CCC(C(=O)c4ccccc4)C(C(F)(F)F)C3CCC12. The molecule has 1 saturated heterocycles. The maximum absolute atomic E-state index is 14.3. The number of Topliss-reactive ketones (excluding diaryl/α,β-unsaturated/α-hetero) is 1. The van der Waals surface area contributed by atoms with E-state index in [1.54, 1.807) is 42.3 Å². The van der Waals surface area contributed by atoms with Gasteiger partial charge in [0.25, 0.3) is 0 Å². The van der Waals surface area contributed by atoms with Gasteiger partial charge in [0.15, 0.2) is 5.78 Å². The minimum Gasteiger partial charge on any atom is -0.342 e. The molecule has 4 unspecified atom stereocenters. The summed E-state index contributed by atoms with van der Waals surface area (Å²) in [6.07, 6.45) is -0.621. The van der Waals surface area contributed by atoms with E-state index in [4.69, 9.17) is 0 Å². The van der Waals surface area contributed by atoms with Crippen LogP contribution < -0.4 is 0 Å². The fourth-order valence-corrected chi connectivity index (χ4v) is 6.06. The van der Waals surface area contributed by atoms with Gasteiger partial charge in [-0.25, -0.2) is 0 Å².